The normalized spacial score (nSPS) is 14.0. The molecule has 0 aromatic heterocycles. The first-order valence-corrected chi connectivity index (χ1v) is 10.8. The lowest BCUT2D eigenvalue weighted by molar-refractivity contribution is -0.144. The molecule has 0 saturated carbocycles. The second kappa shape index (κ2) is 12.9. The Balaban J connectivity index is 1.75. The third-order valence-corrected chi connectivity index (χ3v) is 5.32. The molecule has 2 rings (SSSR count). The van der Waals surface area contributed by atoms with E-state index in [1.807, 2.05) is 74.5 Å². The van der Waals surface area contributed by atoms with Crippen molar-refractivity contribution in [3.63, 3.8) is 0 Å². The van der Waals surface area contributed by atoms with E-state index in [4.69, 9.17) is 10.5 Å². The molecule has 4 N–H and O–H groups in total. The number of hydrogen-bond acceptors (Lipinski definition) is 5. The molecule has 6 nitrogen and oxygen atoms in total. The van der Waals surface area contributed by atoms with Gasteiger partial charge >= 0.3 is 5.97 Å². The average Bonchev–Trinajstić information content (AvgIpc) is 2.76. The van der Waals surface area contributed by atoms with E-state index >= 15 is 0 Å². The number of carbonyl (C=O) groups excluding carboxylic acids is 2. The Morgan fingerprint density at radius 1 is 1.00 bits per heavy atom. The molecule has 0 saturated heterocycles. The zero-order chi connectivity index (χ0) is 22.6. The summed E-state index contributed by atoms with van der Waals surface area (Å²) in [6.07, 6.45) is 0.117. The summed E-state index contributed by atoms with van der Waals surface area (Å²) in [5, 5.41) is 13.4. The predicted octanol–water partition coefficient (Wildman–Crippen LogP) is 2.83. The largest absolute Gasteiger partial charge is 0.461 e. The lowest BCUT2D eigenvalue weighted by Crippen LogP contribution is -2.42. The van der Waals surface area contributed by atoms with Gasteiger partial charge in [0, 0.05) is 18.5 Å². The second-order valence-corrected chi connectivity index (χ2v) is 8.19. The maximum Gasteiger partial charge on any atom is 0.307 e. The molecule has 0 radical (unpaired) electrons. The molecule has 1 amide bonds. The van der Waals surface area contributed by atoms with Crippen LogP contribution >= 0.6 is 0 Å². The van der Waals surface area contributed by atoms with Crippen molar-refractivity contribution in [3.8, 4) is 0 Å². The molecule has 2 aromatic carbocycles. The van der Waals surface area contributed by atoms with Crippen LogP contribution in [0.1, 0.15) is 37.8 Å². The van der Waals surface area contributed by atoms with Crippen molar-refractivity contribution in [2.45, 2.75) is 51.9 Å². The molecular formula is C25H34N2O4. The lowest BCUT2D eigenvalue weighted by atomic mass is 9.86. The quantitative estimate of drug-likeness (QED) is 0.453. The molecule has 3 atom stereocenters. The smallest absolute Gasteiger partial charge is 0.307 e. The number of nitrogens with one attached hydrogen (secondary N) is 1. The van der Waals surface area contributed by atoms with Gasteiger partial charge in [-0.25, -0.2) is 0 Å². The number of benzene rings is 2. The van der Waals surface area contributed by atoms with Gasteiger partial charge in [-0.05, 0) is 29.9 Å². The van der Waals surface area contributed by atoms with Gasteiger partial charge in [0.05, 0.1) is 12.5 Å². The summed E-state index contributed by atoms with van der Waals surface area (Å²) >= 11 is 0. The minimum Gasteiger partial charge on any atom is -0.461 e. The highest BCUT2D eigenvalue weighted by atomic mass is 16.5. The first-order valence-electron chi connectivity index (χ1n) is 10.8. The Morgan fingerprint density at radius 2 is 1.58 bits per heavy atom. The summed E-state index contributed by atoms with van der Waals surface area (Å²) in [5.74, 6) is -0.909. The Labute approximate surface area is 184 Å². The van der Waals surface area contributed by atoms with E-state index in [1.54, 1.807) is 0 Å². The van der Waals surface area contributed by atoms with Gasteiger partial charge in [-0.15, -0.1) is 0 Å². The van der Waals surface area contributed by atoms with Crippen molar-refractivity contribution in [1.82, 2.24) is 5.32 Å². The second-order valence-electron chi connectivity index (χ2n) is 8.19. The van der Waals surface area contributed by atoms with Crippen LogP contribution in [0, 0.1) is 11.8 Å². The minimum atomic E-state index is -0.797. The standard InChI is InChI=1S/C25H34N2O4/c1-18(2)21(16-23(28)22(26)15-19-9-5-3-6-10-19)25(30)27-14-13-24(29)31-17-20-11-7-4-8-12-20/h3-12,18,21-23,28H,13-17,26H2,1-2H3,(H,27,30)/t21-,22+,23+/m1/s1. The van der Waals surface area contributed by atoms with E-state index in [9.17, 15) is 14.7 Å². The van der Waals surface area contributed by atoms with Gasteiger partial charge in [0.1, 0.15) is 6.61 Å². The Bertz CT molecular complexity index is 796. The molecule has 0 aliphatic carbocycles. The lowest BCUT2D eigenvalue weighted by Gasteiger charge is -2.26. The molecule has 6 heteroatoms. The molecule has 0 bridgehead atoms. The first kappa shape index (κ1) is 24.6. The maximum absolute atomic E-state index is 12.6. The van der Waals surface area contributed by atoms with Crippen LogP contribution in [0.15, 0.2) is 60.7 Å². The van der Waals surface area contributed by atoms with Crippen molar-refractivity contribution < 1.29 is 19.4 Å². The fourth-order valence-corrected chi connectivity index (χ4v) is 3.37. The van der Waals surface area contributed by atoms with Crippen LogP contribution in [0.4, 0.5) is 0 Å². The van der Waals surface area contributed by atoms with Crippen LogP contribution in [0.3, 0.4) is 0 Å². The summed E-state index contributed by atoms with van der Waals surface area (Å²) in [7, 11) is 0. The summed E-state index contributed by atoms with van der Waals surface area (Å²) in [6, 6.07) is 18.7. The highest BCUT2D eigenvalue weighted by Gasteiger charge is 2.28. The number of nitrogens with two attached hydrogens (primary N) is 1. The van der Waals surface area contributed by atoms with Crippen molar-refractivity contribution in [3.05, 3.63) is 71.8 Å². The number of amides is 1. The Hall–Kier alpha value is -2.70. The van der Waals surface area contributed by atoms with Crippen molar-refractivity contribution >= 4 is 11.9 Å². The van der Waals surface area contributed by atoms with Crippen molar-refractivity contribution in [2.75, 3.05) is 6.54 Å². The molecule has 0 aliphatic heterocycles. The van der Waals surface area contributed by atoms with Crippen LogP contribution in [0.2, 0.25) is 0 Å². The topological polar surface area (TPSA) is 102 Å². The van der Waals surface area contributed by atoms with E-state index in [2.05, 4.69) is 5.32 Å². The summed E-state index contributed by atoms with van der Waals surface area (Å²) in [5.41, 5.74) is 8.14. The van der Waals surface area contributed by atoms with E-state index in [0.29, 0.717) is 6.42 Å². The number of hydrogen-bond donors (Lipinski definition) is 3. The summed E-state index contributed by atoms with van der Waals surface area (Å²) in [4.78, 5) is 24.6. The van der Waals surface area contributed by atoms with Gasteiger partial charge in [-0.2, -0.15) is 0 Å². The summed E-state index contributed by atoms with van der Waals surface area (Å²) < 4.78 is 5.22. The number of ether oxygens (including phenoxy) is 1. The molecular weight excluding hydrogens is 392 g/mol. The molecule has 31 heavy (non-hydrogen) atoms. The Morgan fingerprint density at radius 3 is 2.16 bits per heavy atom. The van der Waals surface area contributed by atoms with Gasteiger partial charge < -0.3 is 20.9 Å². The third-order valence-electron chi connectivity index (χ3n) is 5.32. The number of carbonyl (C=O) groups is 2. The van der Waals surface area contributed by atoms with Crippen LogP contribution in [-0.2, 0) is 27.4 Å². The van der Waals surface area contributed by atoms with Crippen LogP contribution in [0.25, 0.3) is 0 Å². The van der Waals surface area contributed by atoms with Gasteiger partial charge in [-0.3, -0.25) is 9.59 Å². The molecule has 0 aliphatic rings. The van der Waals surface area contributed by atoms with Gasteiger partial charge in [0.2, 0.25) is 5.91 Å². The van der Waals surface area contributed by atoms with Crippen LogP contribution in [0.5, 0.6) is 0 Å². The number of aliphatic hydroxyl groups excluding tert-OH is 1. The van der Waals surface area contributed by atoms with Crippen molar-refractivity contribution in [2.24, 2.45) is 17.6 Å². The first-order chi connectivity index (χ1) is 14.9. The molecule has 0 unspecified atom stereocenters. The van der Waals surface area contributed by atoms with E-state index < -0.39 is 18.1 Å². The van der Waals surface area contributed by atoms with Gasteiger partial charge in [-0.1, -0.05) is 74.5 Å². The zero-order valence-corrected chi connectivity index (χ0v) is 18.4. The number of rotatable bonds is 12. The van der Waals surface area contributed by atoms with E-state index in [-0.39, 0.29) is 43.8 Å². The maximum atomic E-state index is 12.6. The molecule has 2 aromatic rings. The number of esters is 1. The van der Waals surface area contributed by atoms with E-state index in [1.165, 1.54) is 0 Å². The fourth-order valence-electron chi connectivity index (χ4n) is 3.37. The molecule has 0 fully saturated rings. The van der Waals surface area contributed by atoms with Gasteiger partial charge in [0.15, 0.2) is 0 Å². The predicted molar refractivity (Wildman–Crippen MR) is 121 cm³/mol. The highest BCUT2D eigenvalue weighted by molar-refractivity contribution is 5.79. The fraction of sp³-hybridized carbons (Fsp3) is 0.440. The highest BCUT2D eigenvalue weighted by Crippen LogP contribution is 2.20. The molecule has 0 spiro atoms. The average molecular weight is 427 g/mol. The minimum absolute atomic E-state index is 0.0311. The number of aliphatic hydroxyl groups is 1. The van der Waals surface area contributed by atoms with Crippen LogP contribution < -0.4 is 11.1 Å². The third kappa shape index (κ3) is 8.90. The molecule has 0 heterocycles. The van der Waals surface area contributed by atoms with E-state index in [0.717, 1.165) is 11.1 Å². The molecule has 168 valence electrons. The Kier molecular flexibility index (Phi) is 10.2. The zero-order valence-electron chi connectivity index (χ0n) is 18.4. The van der Waals surface area contributed by atoms with Crippen molar-refractivity contribution in [1.29, 1.82) is 0 Å². The van der Waals surface area contributed by atoms with Crippen LogP contribution in [-0.4, -0.2) is 35.7 Å². The van der Waals surface area contributed by atoms with Gasteiger partial charge in [0.25, 0.3) is 0 Å². The summed E-state index contributed by atoms with van der Waals surface area (Å²) in [6.45, 7) is 4.29. The monoisotopic (exact) mass is 426 g/mol. The SMILES string of the molecule is CC(C)[C@@H](C[C@H](O)[C@@H](N)Cc1ccccc1)C(=O)NCCC(=O)OCc1ccccc1.